The summed E-state index contributed by atoms with van der Waals surface area (Å²) in [6.45, 7) is 4.19. The fourth-order valence-corrected chi connectivity index (χ4v) is 2.19. The van der Waals surface area contributed by atoms with E-state index < -0.39 is 0 Å². The van der Waals surface area contributed by atoms with Crippen molar-refractivity contribution in [2.75, 3.05) is 0 Å². The normalized spacial score (nSPS) is 10.8. The van der Waals surface area contributed by atoms with Crippen molar-refractivity contribution in [2.24, 2.45) is 0 Å². The smallest absolute Gasteiger partial charge is 0.136 e. The molecule has 0 aliphatic carbocycles. The molecule has 2 rings (SSSR count). The van der Waals surface area contributed by atoms with Crippen molar-refractivity contribution in [1.82, 2.24) is 15.0 Å². The van der Waals surface area contributed by atoms with Crippen LogP contribution >= 0.6 is 11.6 Å². The van der Waals surface area contributed by atoms with E-state index in [1.54, 1.807) is 6.20 Å². The molecule has 0 fully saturated rings. The maximum atomic E-state index is 6.12. The van der Waals surface area contributed by atoms with E-state index >= 15 is 0 Å². The second-order valence-corrected chi connectivity index (χ2v) is 4.58. The molecular weight excluding hydrogens is 234 g/mol. The van der Waals surface area contributed by atoms with Gasteiger partial charge >= 0.3 is 0 Å². The van der Waals surface area contributed by atoms with E-state index in [1.165, 1.54) is 6.33 Å². The molecule has 0 saturated carbocycles. The molecule has 2 aromatic heterocycles. The van der Waals surface area contributed by atoms with Gasteiger partial charge in [0.05, 0.1) is 5.69 Å². The average Bonchev–Trinajstić information content (AvgIpc) is 2.30. The number of aromatic nitrogens is 3. The van der Waals surface area contributed by atoms with Crippen LogP contribution in [0.15, 0.2) is 30.9 Å². The van der Waals surface area contributed by atoms with Gasteiger partial charge < -0.3 is 0 Å². The Kier molecular flexibility index (Phi) is 3.69. The van der Waals surface area contributed by atoms with Crippen LogP contribution in [0.2, 0.25) is 5.15 Å². The van der Waals surface area contributed by atoms with Gasteiger partial charge in [0.15, 0.2) is 0 Å². The molecule has 4 heteroatoms. The van der Waals surface area contributed by atoms with Gasteiger partial charge in [-0.1, -0.05) is 31.5 Å². The first kappa shape index (κ1) is 12.0. The summed E-state index contributed by atoms with van der Waals surface area (Å²) in [7, 11) is 0. The Morgan fingerprint density at radius 1 is 1.29 bits per heavy atom. The number of nitrogens with zero attached hydrogens (tertiary/aromatic N) is 3. The van der Waals surface area contributed by atoms with Gasteiger partial charge in [0, 0.05) is 24.4 Å². The van der Waals surface area contributed by atoms with Gasteiger partial charge in [-0.25, -0.2) is 9.97 Å². The first-order valence-corrected chi connectivity index (χ1v) is 5.94. The van der Waals surface area contributed by atoms with Crippen molar-refractivity contribution in [3.63, 3.8) is 0 Å². The van der Waals surface area contributed by atoms with Gasteiger partial charge in [0.1, 0.15) is 11.5 Å². The van der Waals surface area contributed by atoms with Crippen LogP contribution in [-0.2, 0) is 6.42 Å². The van der Waals surface area contributed by atoms with Crippen molar-refractivity contribution in [3.8, 4) is 0 Å². The van der Waals surface area contributed by atoms with E-state index in [1.807, 2.05) is 18.3 Å². The molecule has 17 heavy (non-hydrogen) atoms. The topological polar surface area (TPSA) is 38.7 Å². The fraction of sp³-hybridized carbons (Fsp3) is 0.308. The SMILES string of the molecule is CC(C)c1c(Cl)ncnc1Cc1cccnc1. The second kappa shape index (κ2) is 5.23. The minimum Gasteiger partial charge on any atom is -0.264 e. The molecule has 0 unspecified atom stereocenters. The third-order valence-electron chi connectivity index (χ3n) is 2.59. The van der Waals surface area contributed by atoms with Gasteiger partial charge in [-0.15, -0.1) is 0 Å². The Labute approximate surface area is 106 Å². The molecule has 0 radical (unpaired) electrons. The Hall–Kier alpha value is -1.48. The maximum absolute atomic E-state index is 6.12. The van der Waals surface area contributed by atoms with E-state index in [9.17, 15) is 0 Å². The number of rotatable bonds is 3. The first-order valence-electron chi connectivity index (χ1n) is 5.56. The molecular formula is C13H14ClN3. The molecule has 0 bridgehead atoms. The highest BCUT2D eigenvalue weighted by molar-refractivity contribution is 6.30. The van der Waals surface area contributed by atoms with Gasteiger partial charge in [-0.2, -0.15) is 0 Å². The predicted octanol–water partition coefficient (Wildman–Crippen LogP) is 3.24. The van der Waals surface area contributed by atoms with E-state index in [4.69, 9.17) is 11.6 Å². The number of hydrogen-bond donors (Lipinski definition) is 0. The highest BCUT2D eigenvalue weighted by Crippen LogP contribution is 2.25. The lowest BCUT2D eigenvalue weighted by Crippen LogP contribution is -2.03. The zero-order valence-corrected chi connectivity index (χ0v) is 10.6. The monoisotopic (exact) mass is 247 g/mol. The molecule has 2 aromatic rings. The zero-order valence-electron chi connectivity index (χ0n) is 9.89. The van der Waals surface area contributed by atoms with E-state index in [2.05, 4.69) is 28.8 Å². The van der Waals surface area contributed by atoms with Crippen LogP contribution in [0.5, 0.6) is 0 Å². The Morgan fingerprint density at radius 3 is 2.76 bits per heavy atom. The van der Waals surface area contributed by atoms with E-state index in [-0.39, 0.29) is 0 Å². The van der Waals surface area contributed by atoms with Crippen LogP contribution in [0.25, 0.3) is 0 Å². The lowest BCUT2D eigenvalue weighted by atomic mass is 9.99. The summed E-state index contributed by atoms with van der Waals surface area (Å²) >= 11 is 6.12. The summed E-state index contributed by atoms with van der Waals surface area (Å²) in [4.78, 5) is 12.5. The molecule has 0 spiro atoms. The largest absolute Gasteiger partial charge is 0.264 e. The summed E-state index contributed by atoms with van der Waals surface area (Å²) < 4.78 is 0. The molecule has 3 nitrogen and oxygen atoms in total. The summed E-state index contributed by atoms with van der Waals surface area (Å²) in [5.74, 6) is 0.315. The van der Waals surface area contributed by atoms with Gasteiger partial charge in [-0.3, -0.25) is 4.98 Å². The van der Waals surface area contributed by atoms with Gasteiger partial charge in [-0.05, 0) is 17.5 Å². The summed E-state index contributed by atoms with van der Waals surface area (Å²) in [6, 6.07) is 3.96. The van der Waals surface area contributed by atoms with Crippen molar-refractivity contribution in [3.05, 3.63) is 52.8 Å². The summed E-state index contributed by atoms with van der Waals surface area (Å²) in [6.07, 6.45) is 5.86. The molecule has 0 atom stereocenters. The van der Waals surface area contributed by atoms with Crippen LogP contribution in [-0.4, -0.2) is 15.0 Å². The first-order chi connectivity index (χ1) is 8.18. The minimum absolute atomic E-state index is 0.315. The average molecular weight is 248 g/mol. The molecule has 0 N–H and O–H groups in total. The van der Waals surface area contributed by atoms with E-state index in [0.717, 1.165) is 23.2 Å². The highest BCUT2D eigenvalue weighted by atomic mass is 35.5. The number of halogens is 1. The number of hydrogen-bond acceptors (Lipinski definition) is 3. The van der Waals surface area contributed by atoms with Crippen LogP contribution in [0.1, 0.15) is 36.6 Å². The molecule has 88 valence electrons. The predicted molar refractivity (Wildman–Crippen MR) is 68.2 cm³/mol. The summed E-state index contributed by atoms with van der Waals surface area (Å²) in [5.41, 5.74) is 3.13. The van der Waals surface area contributed by atoms with Crippen LogP contribution in [0.3, 0.4) is 0 Å². The Morgan fingerprint density at radius 2 is 2.12 bits per heavy atom. The highest BCUT2D eigenvalue weighted by Gasteiger charge is 2.13. The molecule has 2 heterocycles. The zero-order chi connectivity index (χ0) is 12.3. The third-order valence-corrected chi connectivity index (χ3v) is 2.89. The number of pyridine rings is 1. The third kappa shape index (κ3) is 2.80. The minimum atomic E-state index is 0.315. The standard InChI is InChI=1S/C13H14ClN3/c1-9(2)12-11(16-8-17-13(12)14)6-10-4-3-5-15-7-10/h3-5,7-9H,6H2,1-2H3. The summed E-state index contributed by atoms with van der Waals surface area (Å²) in [5, 5.41) is 0.550. The maximum Gasteiger partial charge on any atom is 0.136 e. The Balaban J connectivity index is 2.36. The molecule has 0 aliphatic rings. The van der Waals surface area contributed by atoms with Crippen LogP contribution in [0, 0.1) is 0 Å². The lowest BCUT2D eigenvalue weighted by Gasteiger charge is -2.12. The quantitative estimate of drug-likeness (QED) is 0.782. The van der Waals surface area contributed by atoms with Gasteiger partial charge in [0.25, 0.3) is 0 Å². The van der Waals surface area contributed by atoms with Crippen molar-refractivity contribution in [2.45, 2.75) is 26.2 Å². The van der Waals surface area contributed by atoms with Crippen LogP contribution in [0.4, 0.5) is 0 Å². The second-order valence-electron chi connectivity index (χ2n) is 4.22. The van der Waals surface area contributed by atoms with Crippen molar-refractivity contribution < 1.29 is 0 Å². The van der Waals surface area contributed by atoms with Crippen molar-refractivity contribution >= 4 is 11.6 Å². The van der Waals surface area contributed by atoms with Gasteiger partial charge in [0.2, 0.25) is 0 Å². The van der Waals surface area contributed by atoms with Crippen LogP contribution < -0.4 is 0 Å². The molecule has 0 saturated heterocycles. The molecule has 0 amide bonds. The fourth-order valence-electron chi connectivity index (χ4n) is 1.82. The Bertz CT molecular complexity index is 497. The lowest BCUT2D eigenvalue weighted by molar-refractivity contribution is 0.815. The van der Waals surface area contributed by atoms with E-state index in [0.29, 0.717) is 11.1 Å². The van der Waals surface area contributed by atoms with Crippen molar-refractivity contribution in [1.29, 1.82) is 0 Å². The molecule has 0 aliphatic heterocycles. The molecule has 0 aromatic carbocycles.